The van der Waals surface area contributed by atoms with Gasteiger partial charge in [-0.1, -0.05) is 12.1 Å². The number of para-hydroxylation sites is 2. The number of pyridine rings is 1. The Morgan fingerprint density at radius 2 is 1.93 bits per heavy atom. The molecule has 0 radical (unpaired) electrons. The van der Waals surface area contributed by atoms with Crippen molar-refractivity contribution in [3.63, 3.8) is 0 Å². The number of hydrogen-bond acceptors (Lipinski definition) is 4. The molecule has 0 saturated heterocycles. The Bertz CT molecular complexity index is 1240. The smallest absolute Gasteiger partial charge is 0.255 e. The highest BCUT2D eigenvalue weighted by molar-refractivity contribution is 6.07. The number of imidazole rings is 1. The highest BCUT2D eigenvalue weighted by atomic mass is 16.1. The topological polar surface area (TPSA) is 99.3 Å². The van der Waals surface area contributed by atoms with Crippen molar-refractivity contribution in [2.45, 2.75) is 0 Å². The number of carbonyl (C=O) groups is 1. The molecule has 0 unspecified atom stereocenters. The molecule has 0 fully saturated rings. The van der Waals surface area contributed by atoms with Gasteiger partial charge in [0, 0.05) is 17.1 Å². The van der Waals surface area contributed by atoms with Gasteiger partial charge in [-0.25, -0.2) is 4.98 Å². The predicted octanol–water partition coefficient (Wildman–Crippen LogP) is 3.75. The lowest BCUT2D eigenvalue weighted by molar-refractivity contribution is 0.102. The van der Waals surface area contributed by atoms with Crippen LogP contribution in [0.1, 0.15) is 10.4 Å². The van der Waals surface area contributed by atoms with Gasteiger partial charge in [-0.15, -0.1) is 0 Å². The molecule has 2 aromatic carbocycles. The van der Waals surface area contributed by atoms with Crippen molar-refractivity contribution < 1.29 is 4.79 Å². The van der Waals surface area contributed by atoms with E-state index in [2.05, 4.69) is 30.5 Å². The summed E-state index contributed by atoms with van der Waals surface area (Å²) in [7, 11) is 0. The van der Waals surface area contributed by atoms with E-state index >= 15 is 0 Å². The number of H-pyrrole nitrogens is 2. The number of anilines is 1. The Kier molecular flexibility index (Phi) is 3.43. The Labute approximate surface area is 153 Å². The molecule has 0 aliphatic rings. The van der Waals surface area contributed by atoms with Crippen molar-refractivity contribution in [2.24, 2.45) is 0 Å². The van der Waals surface area contributed by atoms with Crippen molar-refractivity contribution >= 4 is 33.5 Å². The van der Waals surface area contributed by atoms with Crippen LogP contribution in [0.4, 0.5) is 5.69 Å². The van der Waals surface area contributed by atoms with Crippen LogP contribution < -0.4 is 5.32 Å². The minimum Gasteiger partial charge on any atom is -0.337 e. The lowest BCUT2D eigenvalue weighted by atomic mass is 10.1. The SMILES string of the molecule is O=C(Nc1cccnc1)c1ccc2c(-c3nc4ccccc4[nH]3)n[nH]c2c1. The molecule has 0 saturated carbocycles. The van der Waals surface area contributed by atoms with E-state index in [0.29, 0.717) is 17.1 Å². The van der Waals surface area contributed by atoms with E-state index in [0.717, 1.165) is 27.6 Å². The van der Waals surface area contributed by atoms with Crippen LogP contribution in [0.25, 0.3) is 33.5 Å². The summed E-state index contributed by atoms with van der Waals surface area (Å²) in [6, 6.07) is 16.8. The average molecular weight is 354 g/mol. The summed E-state index contributed by atoms with van der Waals surface area (Å²) in [6.45, 7) is 0. The van der Waals surface area contributed by atoms with Crippen molar-refractivity contribution in [1.29, 1.82) is 0 Å². The van der Waals surface area contributed by atoms with Gasteiger partial charge in [0.2, 0.25) is 0 Å². The second kappa shape index (κ2) is 6.06. The van der Waals surface area contributed by atoms with Crippen LogP contribution in [-0.2, 0) is 0 Å². The molecule has 7 nitrogen and oxygen atoms in total. The highest BCUT2D eigenvalue weighted by Gasteiger charge is 2.14. The van der Waals surface area contributed by atoms with E-state index in [1.165, 1.54) is 0 Å². The molecule has 3 N–H and O–H groups in total. The van der Waals surface area contributed by atoms with Gasteiger partial charge in [0.15, 0.2) is 5.82 Å². The fourth-order valence-corrected chi connectivity index (χ4v) is 3.05. The van der Waals surface area contributed by atoms with Crippen molar-refractivity contribution in [2.75, 3.05) is 5.32 Å². The first-order valence-corrected chi connectivity index (χ1v) is 8.42. The second-order valence-corrected chi connectivity index (χ2v) is 6.13. The number of carbonyl (C=O) groups excluding carboxylic acids is 1. The first-order valence-electron chi connectivity index (χ1n) is 8.42. The number of hydrogen-bond donors (Lipinski definition) is 3. The van der Waals surface area contributed by atoms with E-state index in [1.807, 2.05) is 30.3 Å². The van der Waals surface area contributed by atoms with Gasteiger partial charge in [0.05, 0.1) is 28.4 Å². The van der Waals surface area contributed by atoms with Crippen LogP contribution in [0.5, 0.6) is 0 Å². The zero-order valence-electron chi connectivity index (χ0n) is 14.1. The minimum absolute atomic E-state index is 0.204. The molecule has 27 heavy (non-hydrogen) atoms. The Hall–Kier alpha value is -4.00. The minimum atomic E-state index is -0.204. The molecular weight excluding hydrogens is 340 g/mol. The van der Waals surface area contributed by atoms with Crippen LogP contribution in [-0.4, -0.2) is 31.1 Å². The van der Waals surface area contributed by atoms with Gasteiger partial charge in [-0.2, -0.15) is 5.10 Å². The van der Waals surface area contributed by atoms with Gasteiger partial charge >= 0.3 is 0 Å². The lowest BCUT2D eigenvalue weighted by Gasteiger charge is -2.04. The third-order valence-corrected chi connectivity index (χ3v) is 4.36. The molecule has 0 spiro atoms. The Morgan fingerprint density at radius 1 is 1.00 bits per heavy atom. The van der Waals surface area contributed by atoms with Gasteiger partial charge in [-0.3, -0.25) is 14.9 Å². The van der Waals surface area contributed by atoms with E-state index in [4.69, 9.17) is 0 Å². The molecule has 5 aromatic rings. The van der Waals surface area contributed by atoms with Crippen LogP contribution in [0.2, 0.25) is 0 Å². The van der Waals surface area contributed by atoms with E-state index in [-0.39, 0.29) is 5.91 Å². The van der Waals surface area contributed by atoms with Crippen molar-refractivity contribution in [1.82, 2.24) is 25.1 Å². The summed E-state index contributed by atoms with van der Waals surface area (Å²) in [4.78, 5) is 24.3. The number of benzene rings is 2. The Balaban J connectivity index is 1.50. The largest absolute Gasteiger partial charge is 0.337 e. The third-order valence-electron chi connectivity index (χ3n) is 4.36. The molecule has 130 valence electrons. The fourth-order valence-electron chi connectivity index (χ4n) is 3.05. The summed E-state index contributed by atoms with van der Waals surface area (Å²) >= 11 is 0. The summed E-state index contributed by atoms with van der Waals surface area (Å²) < 4.78 is 0. The summed E-state index contributed by atoms with van der Waals surface area (Å²) in [6.07, 6.45) is 3.26. The number of aromatic amines is 2. The van der Waals surface area contributed by atoms with Crippen LogP contribution in [0.3, 0.4) is 0 Å². The molecule has 7 heteroatoms. The number of fused-ring (bicyclic) bond motifs is 2. The number of nitrogens with zero attached hydrogens (tertiary/aromatic N) is 3. The maximum atomic E-state index is 12.5. The number of amides is 1. The molecule has 3 heterocycles. The van der Waals surface area contributed by atoms with Gasteiger partial charge in [0.25, 0.3) is 5.91 Å². The predicted molar refractivity (Wildman–Crippen MR) is 103 cm³/mol. The normalized spacial score (nSPS) is 11.1. The second-order valence-electron chi connectivity index (χ2n) is 6.13. The van der Waals surface area contributed by atoms with Crippen molar-refractivity contribution in [3.8, 4) is 11.5 Å². The van der Waals surface area contributed by atoms with Gasteiger partial charge < -0.3 is 10.3 Å². The summed E-state index contributed by atoms with van der Waals surface area (Å²) in [5.41, 5.74) is 4.51. The van der Waals surface area contributed by atoms with Crippen LogP contribution in [0, 0.1) is 0 Å². The number of rotatable bonds is 3. The highest BCUT2D eigenvalue weighted by Crippen LogP contribution is 2.27. The van der Waals surface area contributed by atoms with E-state index in [1.54, 1.807) is 36.7 Å². The maximum Gasteiger partial charge on any atom is 0.255 e. The third kappa shape index (κ3) is 2.71. The Morgan fingerprint density at radius 3 is 2.78 bits per heavy atom. The van der Waals surface area contributed by atoms with Crippen LogP contribution >= 0.6 is 0 Å². The number of nitrogens with one attached hydrogen (secondary N) is 3. The fraction of sp³-hybridized carbons (Fsp3) is 0. The zero-order chi connectivity index (χ0) is 18.2. The molecule has 0 aliphatic heterocycles. The average Bonchev–Trinajstić information content (AvgIpc) is 3.31. The van der Waals surface area contributed by atoms with E-state index in [9.17, 15) is 4.79 Å². The first-order chi connectivity index (χ1) is 13.3. The van der Waals surface area contributed by atoms with Crippen LogP contribution in [0.15, 0.2) is 67.0 Å². The van der Waals surface area contributed by atoms with E-state index < -0.39 is 0 Å². The number of aromatic nitrogens is 5. The maximum absolute atomic E-state index is 12.5. The van der Waals surface area contributed by atoms with Gasteiger partial charge in [-0.05, 0) is 42.5 Å². The monoisotopic (exact) mass is 354 g/mol. The first kappa shape index (κ1) is 15.3. The molecule has 0 bridgehead atoms. The summed E-state index contributed by atoms with van der Waals surface area (Å²) in [5.74, 6) is 0.486. The van der Waals surface area contributed by atoms with Gasteiger partial charge in [0.1, 0.15) is 5.69 Å². The zero-order valence-corrected chi connectivity index (χ0v) is 14.1. The summed E-state index contributed by atoms with van der Waals surface area (Å²) in [5, 5.41) is 11.1. The molecule has 0 aliphatic carbocycles. The molecule has 0 atom stereocenters. The lowest BCUT2D eigenvalue weighted by Crippen LogP contribution is -2.11. The molecule has 3 aromatic heterocycles. The molecular formula is C20H14N6O. The molecule has 5 rings (SSSR count). The standard InChI is InChI=1S/C20H14N6O/c27-20(22-13-4-3-9-21-11-13)12-7-8-14-17(10-12)25-26-18(14)19-23-15-5-1-2-6-16(15)24-19/h1-11H,(H,22,27)(H,23,24)(H,25,26). The van der Waals surface area contributed by atoms with Crippen molar-refractivity contribution in [3.05, 3.63) is 72.6 Å². The quantitative estimate of drug-likeness (QED) is 0.459. The molecule has 1 amide bonds.